The predicted molar refractivity (Wildman–Crippen MR) is 77.7 cm³/mol. The van der Waals surface area contributed by atoms with Crippen LogP contribution in [0.2, 0.25) is 0 Å². The summed E-state index contributed by atoms with van der Waals surface area (Å²) in [4.78, 5) is 2.16. The monoisotopic (exact) mass is 249 g/mol. The number of nitrogens with zero attached hydrogens (tertiary/aromatic N) is 1. The Morgan fingerprint density at radius 1 is 1.06 bits per heavy atom. The van der Waals surface area contributed by atoms with Gasteiger partial charge in [0.15, 0.2) is 0 Å². The lowest BCUT2D eigenvalue weighted by Crippen LogP contribution is -2.30. The molecule has 2 heteroatoms. The molecule has 2 nitrogen and oxygen atoms in total. The van der Waals surface area contributed by atoms with E-state index in [0.717, 1.165) is 12.0 Å². The Morgan fingerprint density at radius 3 is 2.06 bits per heavy atom. The van der Waals surface area contributed by atoms with Gasteiger partial charge >= 0.3 is 0 Å². The van der Waals surface area contributed by atoms with Crippen molar-refractivity contribution in [3.63, 3.8) is 0 Å². The fourth-order valence-corrected chi connectivity index (χ4v) is 1.94. The molecular weight excluding hydrogens is 222 g/mol. The van der Waals surface area contributed by atoms with Crippen LogP contribution in [0.4, 0.5) is 0 Å². The second kappa shape index (κ2) is 6.91. The molecule has 0 aromatic heterocycles. The second-order valence-electron chi connectivity index (χ2n) is 5.89. The highest BCUT2D eigenvalue weighted by atomic mass is 16.3. The average molecular weight is 249 g/mol. The summed E-state index contributed by atoms with van der Waals surface area (Å²) in [7, 11) is 2.04. The number of likely N-dealkylation sites (N-methyl/N-ethyl adjacent to an activating group) is 1. The summed E-state index contributed by atoms with van der Waals surface area (Å²) in [5.41, 5.74) is 2.35. The molecule has 0 radical (unpaired) electrons. The van der Waals surface area contributed by atoms with Crippen molar-refractivity contribution in [1.29, 1.82) is 0 Å². The largest absolute Gasteiger partial charge is 0.387 e. The van der Waals surface area contributed by atoms with E-state index >= 15 is 0 Å². The van der Waals surface area contributed by atoms with Crippen molar-refractivity contribution >= 4 is 0 Å². The first-order valence-electron chi connectivity index (χ1n) is 6.87. The number of rotatable bonds is 6. The van der Waals surface area contributed by atoms with Crippen LogP contribution in [0.15, 0.2) is 24.3 Å². The molecule has 0 aliphatic heterocycles. The van der Waals surface area contributed by atoms with Crippen LogP contribution in [-0.4, -0.2) is 29.6 Å². The Morgan fingerprint density at radius 2 is 1.61 bits per heavy atom. The van der Waals surface area contributed by atoms with Crippen LogP contribution in [0, 0.1) is 5.92 Å². The molecule has 0 saturated heterocycles. The highest BCUT2D eigenvalue weighted by Gasteiger charge is 2.12. The van der Waals surface area contributed by atoms with Crippen LogP contribution in [0.25, 0.3) is 0 Å². The summed E-state index contributed by atoms with van der Waals surface area (Å²) in [5, 5.41) is 10.2. The SMILES string of the molecule is CC(C)Cc1ccc(C(O)CN(C)C(C)C)cc1. The normalized spacial score (nSPS) is 13.6. The lowest BCUT2D eigenvalue weighted by Gasteiger charge is -2.24. The van der Waals surface area contributed by atoms with Gasteiger partial charge in [0.05, 0.1) is 6.10 Å². The van der Waals surface area contributed by atoms with E-state index in [1.54, 1.807) is 0 Å². The van der Waals surface area contributed by atoms with E-state index < -0.39 is 6.10 Å². The topological polar surface area (TPSA) is 23.5 Å². The molecule has 1 aromatic carbocycles. The van der Waals surface area contributed by atoms with Gasteiger partial charge in [-0.1, -0.05) is 38.1 Å². The van der Waals surface area contributed by atoms with E-state index in [9.17, 15) is 5.11 Å². The van der Waals surface area contributed by atoms with Gasteiger partial charge in [-0.05, 0) is 44.4 Å². The standard InChI is InChI=1S/C16H27NO/c1-12(2)10-14-6-8-15(9-7-14)16(18)11-17(5)13(3)4/h6-9,12-13,16,18H,10-11H2,1-5H3. The summed E-state index contributed by atoms with van der Waals surface area (Å²) >= 11 is 0. The van der Waals surface area contributed by atoms with Crippen molar-refractivity contribution in [2.45, 2.75) is 46.3 Å². The third-order valence-corrected chi connectivity index (χ3v) is 3.35. The summed E-state index contributed by atoms with van der Waals surface area (Å²) in [6.07, 6.45) is 0.702. The maximum atomic E-state index is 10.2. The highest BCUT2D eigenvalue weighted by Crippen LogP contribution is 2.17. The third-order valence-electron chi connectivity index (χ3n) is 3.35. The number of aliphatic hydroxyl groups is 1. The molecule has 0 bridgehead atoms. The summed E-state index contributed by atoms with van der Waals surface area (Å²) < 4.78 is 0. The molecule has 0 heterocycles. The minimum atomic E-state index is -0.398. The second-order valence-corrected chi connectivity index (χ2v) is 5.89. The minimum Gasteiger partial charge on any atom is -0.387 e. The van der Waals surface area contributed by atoms with E-state index in [4.69, 9.17) is 0 Å². The van der Waals surface area contributed by atoms with Crippen LogP contribution < -0.4 is 0 Å². The van der Waals surface area contributed by atoms with Gasteiger partial charge in [0.25, 0.3) is 0 Å². The predicted octanol–water partition coefficient (Wildman–Crippen LogP) is 3.26. The van der Waals surface area contributed by atoms with Crippen LogP contribution in [0.1, 0.15) is 44.9 Å². The van der Waals surface area contributed by atoms with Crippen LogP contribution in [-0.2, 0) is 6.42 Å². The third kappa shape index (κ3) is 4.79. The van der Waals surface area contributed by atoms with E-state index in [-0.39, 0.29) is 0 Å². The Labute approximate surface area is 112 Å². The van der Waals surface area contributed by atoms with Gasteiger partial charge in [-0.2, -0.15) is 0 Å². The quantitative estimate of drug-likeness (QED) is 0.836. The fourth-order valence-electron chi connectivity index (χ4n) is 1.94. The van der Waals surface area contributed by atoms with Crippen molar-refractivity contribution in [2.24, 2.45) is 5.92 Å². The minimum absolute atomic E-state index is 0.398. The molecule has 0 aliphatic carbocycles. The van der Waals surface area contributed by atoms with Gasteiger partial charge in [0.2, 0.25) is 0 Å². The Kier molecular flexibility index (Phi) is 5.83. The number of benzene rings is 1. The molecule has 1 unspecified atom stereocenters. The van der Waals surface area contributed by atoms with Gasteiger partial charge in [-0.15, -0.1) is 0 Å². The van der Waals surface area contributed by atoms with Gasteiger partial charge in [0.1, 0.15) is 0 Å². The molecule has 1 atom stereocenters. The van der Waals surface area contributed by atoms with Gasteiger partial charge < -0.3 is 10.0 Å². The number of hydrogen-bond acceptors (Lipinski definition) is 2. The maximum absolute atomic E-state index is 10.2. The lowest BCUT2D eigenvalue weighted by atomic mass is 10.00. The van der Waals surface area contributed by atoms with Crippen LogP contribution in [0.3, 0.4) is 0 Å². The molecular formula is C16H27NO. The molecule has 0 spiro atoms. The van der Waals surface area contributed by atoms with Crippen LogP contribution >= 0.6 is 0 Å². The molecule has 102 valence electrons. The Balaban J connectivity index is 2.61. The smallest absolute Gasteiger partial charge is 0.0916 e. The van der Waals surface area contributed by atoms with Crippen molar-refractivity contribution < 1.29 is 5.11 Å². The molecule has 0 saturated carbocycles. The fraction of sp³-hybridized carbons (Fsp3) is 0.625. The number of hydrogen-bond donors (Lipinski definition) is 1. The van der Waals surface area contributed by atoms with E-state index in [1.165, 1.54) is 5.56 Å². The van der Waals surface area contributed by atoms with Crippen molar-refractivity contribution in [2.75, 3.05) is 13.6 Å². The van der Waals surface area contributed by atoms with Crippen molar-refractivity contribution in [3.05, 3.63) is 35.4 Å². The van der Waals surface area contributed by atoms with Crippen LogP contribution in [0.5, 0.6) is 0 Å². The molecule has 18 heavy (non-hydrogen) atoms. The Hall–Kier alpha value is -0.860. The zero-order valence-electron chi connectivity index (χ0n) is 12.4. The first-order chi connectivity index (χ1) is 8.40. The molecule has 0 amide bonds. The van der Waals surface area contributed by atoms with Gasteiger partial charge in [0, 0.05) is 12.6 Å². The summed E-state index contributed by atoms with van der Waals surface area (Å²) in [5.74, 6) is 0.674. The Bertz CT molecular complexity index is 343. The van der Waals surface area contributed by atoms with E-state index in [2.05, 4.69) is 56.9 Å². The summed E-state index contributed by atoms with van der Waals surface area (Å²) in [6.45, 7) is 9.40. The molecule has 1 N–H and O–H groups in total. The van der Waals surface area contributed by atoms with Crippen molar-refractivity contribution in [3.8, 4) is 0 Å². The molecule has 1 aromatic rings. The molecule has 1 rings (SSSR count). The summed E-state index contributed by atoms with van der Waals surface area (Å²) in [6, 6.07) is 8.83. The first-order valence-corrected chi connectivity index (χ1v) is 6.87. The zero-order chi connectivity index (χ0) is 13.7. The van der Waals surface area contributed by atoms with Gasteiger partial charge in [-0.3, -0.25) is 0 Å². The van der Waals surface area contributed by atoms with Crippen molar-refractivity contribution in [1.82, 2.24) is 4.90 Å². The molecule has 0 aliphatic rings. The van der Waals surface area contributed by atoms with E-state index in [1.807, 2.05) is 7.05 Å². The zero-order valence-corrected chi connectivity index (χ0v) is 12.4. The highest BCUT2D eigenvalue weighted by molar-refractivity contribution is 5.24. The maximum Gasteiger partial charge on any atom is 0.0916 e. The number of aliphatic hydroxyl groups excluding tert-OH is 1. The molecule has 0 fully saturated rings. The lowest BCUT2D eigenvalue weighted by molar-refractivity contribution is 0.112. The van der Waals surface area contributed by atoms with E-state index in [0.29, 0.717) is 18.5 Å². The average Bonchev–Trinajstić information content (AvgIpc) is 2.28. The van der Waals surface area contributed by atoms with Gasteiger partial charge in [-0.25, -0.2) is 0 Å². The first kappa shape index (κ1) is 15.2.